The summed E-state index contributed by atoms with van der Waals surface area (Å²) >= 11 is 1.83. The summed E-state index contributed by atoms with van der Waals surface area (Å²) in [6.07, 6.45) is 4.35. The van der Waals surface area contributed by atoms with Crippen LogP contribution in [-0.2, 0) is 30.8 Å². The maximum atomic E-state index is 14.2. The van der Waals surface area contributed by atoms with Crippen molar-refractivity contribution in [1.82, 2.24) is 0 Å². The maximum Gasteiger partial charge on any atom is 0.238 e. The number of methoxy groups -OCH3 is 1. The number of fused-ring (bicyclic) bond motifs is 2. The van der Waals surface area contributed by atoms with Crippen LogP contribution in [0.15, 0.2) is 44.6 Å². The summed E-state index contributed by atoms with van der Waals surface area (Å²) < 4.78 is 33.3. The van der Waals surface area contributed by atoms with Crippen molar-refractivity contribution >= 4 is 75.9 Å². The molecule has 0 unspecified atom stereocenters. The van der Waals surface area contributed by atoms with E-state index in [1.807, 2.05) is 39.8 Å². The van der Waals surface area contributed by atoms with Crippen LogP contribution in [0.1, 0.15) is 38.8 Å². The second-order valence-corrected chi connectivity index (χ2v) is 13.7. The van der Waals surface area contributed by atoms with Crippen molar-refractivity contribution in [1.29, 1.82) is 0 Å². The summed E-state index contributed by atoms with van der Waals surface area (Å²) in [5, 5.41) is 11.1. The second-order valence-electron chi connectivity index (χ2n) is 9.69. The van der Waals surface area contributed by atoms with Gasteiger partial charge in [-0.2, -0.15) is 0 Å². The highest BCUT2D eigenvalue weighted by molar-refractivity contribution is 8.80. The lowest BCUT2D eigenvalue weighted by Gasteiger charge is -2.17. The fourth-order valence-corrected chi connectivity index (χ4v) is 5.79. The van der Waals surface area contributed by atoms with E-state index in [4.69, 9.17) is 27.0 Å². The molecule has 0 atom stereocenters. The van der Waals surface area contributed by atoms with Crippen molar-refractivity contribution in [2.24, 2.45) is 0 Å². The Hall–Kier alpha value is -2.75. The van der Waals surface area contributed by atoms with E-state index in [9.17, 15) is 19.5 Å². The monoisotopic (exact) mass is 682 g/mol. The molecule has 3 aromatic rings. The van der Waals surface area contributed by atoms with Gasteiger partial charge in [-0.3, -0.25) is 14.4 Å². The molecule has 0 radical (unpaired) electrons. The minimum Gasteiger partial charge on any atom is -0.507 e. The lowest BCUT2D eigenvalue weighted by Crippen LogP contribution is -2.12. The average molecular weight is 683 g/mol. The zero-order valence-corrected chi connectivity index (χ0v) is 28.7. The number of phenolic OH excluding ortho intramolecular Hbond substituents is 1. The normalized spacial score (nSPS) is 11.0. The number of allylic oxidation sites excluding steroid dienone is 4. The summed E-state index contributed by atoms with van der Waals surface area (Å²) in [7, 11) is 6.11. The van der Waals surface area contributed by atoms with Gasteiger partial charge in [-0.25, -0.2) is 0 Å². The molecule has 1 N–H and O–H groups in total. The molecule has 0 amide bonds. The third kappa shape index (κ3) is 9.14. The van der Waals surface area contributed by atoms with E-state index in [0.717, 1.165) is 54.9 Å². The average Bonchev–Trinajstić information content (AvgIpc) is 2.98. The number of carbonyl (C=O) groups excluding carboxylic acids is 2. The second kappa shape index (κ2) is 17.1. The number of hydrogen-bond acceptors (Lipinski definition) is 14. The molecule has 2 aromatic carbocycles. The third-order valence-corrected chi connectivity index (χ3v) is 9.38. The van der Waals surface area contributed by atoms with Gasteiger partial charge in [-0.15, -0.1) is 0 Å². The van der Waals surface area contributed by atoms with E-state index in [-0.39, 0.29) is 74.8 Å². The predicted octanol–water partition coefficient (Wildman–Crippen LogP) is 7.37. The molecule has 0 spiro atoms. The standard InChI is InChI=1S/C30H34O10S4/c1-16(2)8-10-18-20(38-14-24(31)41-43-36-6)12-22-27(28(18)33)29(34)26-19(11-9-17(3)4)30(35-5)23(13-21(26)40-22)39-15-25(32)42-44-37-7/h8-9,12-13,33H,10-11,14-15H2,1-7H3. The molecule has 0 aliphatic rings. The van der Waals surface area contributed by atoms with Crippen LogP contribution in [0, 0.1) is 0 Å². The Bertz CT molecular complexity index is 1640. The highest BCUT2D eigenvalue weighted by Crippen LogP contribution is 2.42. The number of rotatable bonds is 15. The van der Waals surface area contributed by atoms with Crippen LogP contribution in [0.4, 0.5) is 0 Å². The van der Waals surface area contributed by atoms with Crippen molar-refractivity contribution in [3.63, 3.8) is 0 Å². The van der Waals surface area contributed by atoms with Crippen LogP contribution >= 0.6 is 43.7 Å². The number of hydrogen-bond donors (Lipinski definition) is 1. The van der Waals surface area contributed by atoms with Gasteiger partial charge in [0.05, 0.1) is 48.9 Å². The molecule has 0 fully saturated rings. The van der Waals surface area contributed by atoms with Crippen molar-refractivity contribution in [3.8, 4) is 23.0 Å². The van der Waals surface area contributed by atoms with Crippen LogP contribution in [0.3, 0.4) is 0 Å². The molecular formula is C30H34O10S4. The number of carbonyl (C=O) groups is 2. The highest BCUT2D eigenvalue weighted by atomic mass is 33.1. The predicted molar refractivity (Wildman–Crippen MR) is 180 cm³/mol. The van der Waals surface area contributed by atoms with E-state index in [2.05, 4.69) is 0 Å². The van der Waals surface area contributed by atoms with Crippen LogP contribution < -0.4 is 19.6 Å². The van der Waals surface area contributed by atoms with Crippen LogP contribution in [0.2, 0.25) is 0 Å². The van der Waals surface area contributed by atoms with Gasteiger partial charge in [0.2, 0.25) is 15.7 Å². The van der Waals surface area contributed by atoms with Gasteiger partial charge in [-0.1, -0.05) is 23.3 Å². The van der Waals surface area contributed by atoms with E-state index in [0.29, 0.717) is 17.5 Å². The Morgan fingerprint density at radius 1 is 0.795 bits per heavy atom. The molecule has 1 heterocycles. The molecule has 0 saturated carbocycles. The third-order valence-electron chi connectivity index (χ3n) is 6.03. The first kappa shape index (κ1) is 35.7. The zero-order valence-electron chi connectivity index (χ0n) is 25.4. The van der Waals surface area contributed by atoms with E-state index < -0.39 is 5.43 Å². The largest absolute Gasteiger partial charge is 0.507 e. The van der Waals surface area contributed by atoms with Gasteiger partial charge in [0.15, 0.2) is 24.7 Å². The van der Waals surface area contributed by atoms with Gasteiger partial charge >= 0.3 is 0 Å². The fraction of sp³-hybridized carbons (Fsp3) is 0.367. The lowest BCUT2D eigenvalue weighted by molar-refractivity contribution is -0.113. The molecule has 10 nitrogen and oxygen atoms in total. The quantitative estimate of drug-likeness (QED) is 0.0740. The Balaban J connectivity index is 2.29. The molecule has 0 aliphatic heterocycles. The van der Waals surface area contributed by atoms with Gasteiger partial charge < -0.3 is 32.1 Å². The Labute approximate surface area is 271 Å². The summed E-state index contributed by atoms with van der Waals surface area (Å²) in [4.78, 5) is 38.7. The Kier molecular flexibility index (Phi) is 13.9. The Morgan fingerprint density at radius 2 is 1.30 bits per heavy atom. The highest BCUT2D eigenvalue weighted by Gasteiger charge is 2.25. The number of ether oxygens (including phenoxy) is 3. The summed E-state index contributed by atoms with van der Waals surface area (Å²) in [6, 6.07) is 2.98. The van der Waals surface area contributed by atoms with Gasteiger partial charge in [0.1, 0.15) is 28.1 Å². The molecule has 1 aromatic heterocycles. The summed E-state index contributed by atoms with van der Waals surface area (Å²) in [5.74, 6) is 0.366. The minimum atomic E-state index is -0.475. The molecule has 238 valence electrons. The summed E-state index contributed by atoms with van der Waals surface area (Å²) in [5.41, 5.74) is 2.55. The van der Waals surface area contributed by atoms with E-state index in [1.54, 1.807) is 0 Å². The molecular weight excluding hydrogens is 649 g/mol. The minimum absolute atomic E-state index is 0.0324. The van der Waals surface area contributed by atoms with Gasteiger partial charge in [0, 0.05) is 44.8 Å². The first-order valence-corrected chi connectivity index (χ1v) is 17.3. The van der Waals surface area contributed by atoms with Crippen LogP contribution in [0.25, 0.3) is 21.9 Å². The summed E-state index contributed by atoms with van der Waals surface area (Å²) in [6.45, 7) is 7.08. The molecule has 14 heteroatoms. The topological polar surface area (TPSA) is 131 Å². The lowest BCUT2D eigenvalue weighted by atomic mass is 9.98. The van der Waals surface area contributed by atoms with Crippen molar-refractivity contribution in [3.05, 3.63) is 56.8 Å². The molecule has 44 heavy (non-hydrogen) atoms. The fourth-order valence-electron chi connectivity index (χ4n) is 4.13. The van der Waals surface area contributed by atoms with Crippen LogP contribution in [0.5, 0.6) is 23.0 Å². The smallest absolute Gasteiger partial charge is 0.238 e. The van der Waals surface area contributed by atoms with Gasteiger partial charge in [0.25, 0.3) is 0 Å². The number of phenols is 1. The van der Waals surface area contributed by atoms with Crippen molar-refractivity contribution < 1.29 is 41.7 Å². The van der Waals surface area contributed by atoms with E-state index in [1.165, 1.54) is 33.5 Å². The molecule has 0 aliphatic carbocycles. The Morgan fingerprint density at radius 3 is 1.82 bits per heavy atom. The maximum absolute atomic E-state index is 14.2. The molecule has 0 saturated heterocycles. The van der Waals surface area contributed by atoms with E-state index >= 15 is 0 Å². The molecule has 0 bridgehead atoms. The van der Waals surface area contributed by atoms with Gasteiger partial charge in [-0.05, 0) is 40.5 Å². The SMILES string of the molecule is COSSC(=O)COc1cc2oc3cc(OCC(=O)SSOC)c(OC)c(CC=C(C)C)c3c(=O)c2c(O)c1CC=C(C)C. The van der Waals surface area contributed by atoms with Crippen molar-refractivity contribution in [2.45, 2.75) is 40.5 Å². The number of benzene rings is 2. The number of aromatic hydroxyl groups is 1. The zero-order chi connectivity index (χ0) is 32.4. The van der Waals surface area contributed by atoms with Crippen molar-refractivity contribution in [2.75, 3.05) is 34.5 Å². The molecule has 3 rings (SSSR count). The first-order valence-electron chi connectivity index (χ1n) is 13.2. The first-order chi connectivity index (χ1) is 21.0. The van der Waals surface area contributed by atoms with Crippen LogP contribution in [-0.4, -0.2) is 49.9 Å².